The molecule has 3 N–H and O–H groups in total. The number of benzene rings is 1. The van der Waals surface area contributed by atoms with Gasteiger partial charge in [0.2, 0.25) is 0 Å². The van der Waals surface area contributed by atoms with Crippen molar-refractivity contribution in [2.45, 2.75) is 25.5 Å². The molecular weight excluding hydrogens is 357 g/mol. The second-order valence-corrected chi connectivity index (χ2v) is 7.29. The van der Waals surface area contributed by atoms with E-state index in [1.807, 2.05) is 6.92 Å². The van der Waals surface area contributed by atoms with Crippen molar-refractivity contribution in [3.63, 3.8) is 0 Å². The third-order valence-electron chi connectivity index (χ3n) is 4.17. The van der Waals surface area contributed by atoms with Gasteiger partial charge in [0.15, 0.2) is 10.9 Å². The summed E-state index contributed by atoms with van der Waals surface area (Å²) in [5, 5.41) is 3.16. The van der Waals surface area contributed by atoms with E-state index in [9.17, 15) is 9.18 Å². The van der Waals surface area contributed by atoms with Crippen LogP contribution in [0.2, 0.25) is 0 Å². The molecule has 0 saturated carbocycles. The molecule has 3 rings (SSSR count). The number of nitrogens with zero attached hydrogens (tertiary/aromatic N) is 1. The van der Waals surface area contributed by atoms with Crippen LogP contribution in [0.3, 0.4) is 0 Å². The van der Waals surface area contributed by atoms with Gasteiger partial charge in [-0.25, -0.2) is 4.39 Å². The Labute approximate surface area is 155 Å². The minimum atomic E-state index is -0.754. The molecule has 0 radical (unpaired) electrons. The Morgan fingerprint density at radius 2 is 2.27 bits per heavy atom. The Kier molecular flexibility index (Phi) is 5.33. The minimum Gasteiger partial charge on any atom is -0.453 e. The van der Waals surface area contributed by atoms with Gasteiger partial charge in [0.25, 0.3) is 5.91 Å². The Morgan fingerprint density at radius 1 is 1.46 bits per heavy atom. The molecule has 1 atom stereocenters. The van der Waals surface area contributed by atoms with Gasteiger partial charge in [-0.15, -0.1) is 0 Å². The van der Waals surface area contributed by atoms with Crippen molar-refractivity contribution in [1.29, 1.82) is 0 Å². The number of amidine groups is 1. The number of amides is 1. The molecule has 0 aliphatic carbocycles. The highest BCUT2D eigenvalue weighted by molar-refractivity contribution is 8.13. The lowest BCUT2D eigenvalue weighted by Gasteiger charge is -2.30. The first-order valence-electron chi connectivity index (χ1n) is 8.08. The predicted molar refractivity (Wildman–Crippen MR) is 99.8 cm³/mol. The van der Waals surface area contributed by atoms with Crippen LogP contribution in [0.4, 0.5) is 10.1 Å². The van der Waals surface area contributed by atoms with Crippen LogP contribution in [0.15, 0.2) is 39.7 Å². The lowest BCUT2D eigenvalue weighted by Crippen LogP contribution is -2.29. The number of halogens is 1. The summed E-state index contributed by atoms with van der Waals surface area (Å²) in [6, 6.07) is 7.66. The van der Waals surface area contributed by atoms with Gasteiger partial charge in [-0.1, -0.05) is 11.8 Å². The maximum absolute atomic E-state index is 14.4. The van der Waals surface area contributed by atoms with Crippen molar-refractivity contribution in [2.75, 3.05) is 18.2 Å². The van der Waals surface area contributed by atoms with E-state index in [1.54, 1.807) is 25.3 Å². The van der Waals surface area contributed by atoms with Crippen LogP contribution in [0.5, 0.6) is 0 Å². The standard InChI is InChI=1S/C18H20FN3O3S/c1-18(7-8-26-17(20)22-18)13-9-11(3-5-14(13)19)21-16(23)15-6-4-12(25-15)10-24-2/h3-6,9H,7-8,10H2,1-2H3,(H2,20,22)(H,21,23)/t18-/m0/s1. The average Bonchev–Trinajstić information content (AvgIpc) is 3.05. The van der Waals surface area contributed by atoms with E-state index in [-0.39, 0.29) is 18.2 Å². The summed E-state index contributed by atoms with van der Waals surface area (Å²) in [4.78, 5) is 16.8. The van der Waals surface area contributed by atoms with E-state index >= 15 is 0 Å². The number of aliphatic imine (C=N–C) groups is 1. The van der Waals surface area contributed by atoms with Crippen LogP contribution in [-0.4, -0.2) is 23.9 Å². The number of nitrogens with two attached hydrogens (primary N) is 1. The molecule has 1 aromatic heterocycles. The van der Waals surface area contributed by atoms with Crippen molar-refractivity contribution >= 4 is 28.5 Å². The molecule has 8 heteroatoms. The van der Waals surface area contributed by atoms with Gasteiger partial charge in [-0.05, 0) is 43.7 Å². The van der Waals surface area contributed by atoms with E-state index in [1.165, 1.54) is 23.9 Å². The van der Waals surface area contributed by atoms with Gasteiger partial charge in [0, 0.05) is 24.1 Å². The fourth-order valence-corrected chi connectivity index (χ4v) is 3.78. The number of anilines is 1. The molecule has 0 fully saturated rings. The Morgan fingerprint density at radius 3 is 3.00 bits per heavy atom. The number of hydrogen-bond acceptors (Lipinski definition) is 6. The van der Waals surface area contributed by atoms with Crippen LogP contribution in [0.25, 0.3) is 0 Å². The van der Waals surface area contributed by atoms with Gasteiger partial charge in [-0.2, -0.15) is 0 Å². The number of rotatable bonds is 5. The molecule has 2 aromatic rings. The zero-order valence-corrected chi connectivity index (χ0v) is 15.4. The molecule has 0 unspecified atom stereocenters. The lowest BCUT2D eigenvalue weighted by atomic mass is 9.89. The van der Waals surface area contributed by atoms with Crippen LogP contribution in [0.1, 0.15) is 35.2 Å². The SMILES string of the molecule is COCc1ccc(C(=O)Nc2ccc(F)c([C@]3(C)CCSC(N)=N3)c2)o1. The molecule has 1 aromatic carbocycles. The fraction of sp³-hybridized carbons (Fsp3) is 0.333. The van der Waals surface area contributed by atoms with Crippen molar-refractivity contribution in [1.82, 2.24) is 0 Å². The molecule has 26 heavy (non-hydrogen) atoms. The summed E-state index contributed by atoms with van der Waals surface area (Å²) < 4.78 is 24.8. The zero-order chi connectivity index (χ0) is 18.7. The zero-order valence-electron chi connectivity index (χ0n) is 14.5. The van der Waals surface area contributed by atoms with Gasteiger partial charge < -0.3 is 20.2 Å². The van der Waals surface area contributed by atoms with Crippen LogP contribution >= 0.6 is 11.8 Å². The topological polar surface area (TPSA) is 89.8 Å². The number of carbonyl (C=O) groups excluding carboxylic acids is 1. The van der Waals surface area contributed by atoms with E-state index < -0.39 is 11.4 Å². The third kappa shape index (κ3) is 3.91. The lowest BCUT2D eigenvalue weighted by molar-refractivity contribution is 0.0987. The normalized spacial score (nSPS) is 19.9. The smallest absolute Gasteiger partial charge is 0.291 e. The Hall–Kier alpha value is -2.32. The number of ether oxygens (including phenoxy) is 1. The number of methoxy groups -OCH3 is 1. The number of hydrogen-bond donors (Lipinski definition) is 2. The molecule has 0 bridgehead atoms. The highest BCUT2D eigenvalue weighted by Gasteiger charge is 2.32. The second kappa shape index (κ2) is 7.51. The summed E-state index contributed by atoms with van der Waals surface area (Å²) >= 11 is 1.45. The van der Waals surface area contributed by atoms with Crippen molar-refractivity contribution in [3.05, 3.63) is 53.2 Å². The monoisotopic (exact) mass is 377 g/mol. The van der Waals surface area contributed by atoms with Gasteiger partial charge in [0.05, 0.1) is 5.54 Å². The van der Waals surface area contributed by atoms with Gasteiger partial charge >= 0.3 is 0 Å². The molecule has 6 nitrogen and oxygen atoms in total. The average molecular weight is 377 g/mol. The number of furan rings is 1. The molecule has 1 amide bonds. The maximum Gasteiger partial charge on any atom is 0.291 e. The summed E-state index contributed by atoms with van der Waals surface area (Å²) in [5.74, 6) is 0.669. The van der Waals surface area contributed by atoms with Gasteiger partial charge in [-0.3, -0.25) is 9.79 Å². The minimum absolute atomic E-state index is 0.158. The van der Waals surface area contributed by atoms with Crippen LogP contribution < -0.4 is 11.1 Å². The molecule has 0 spiro atoms. The molecule has 0 saturated heterocycles. The molecular formula is C18H20FN3O3S. The fourth-order valence-electron chi connectivity index (χ4n) is 2.81. The van der Waals surface area contributed by atoms with E-state index in [0.29, 0.717) is 28.6 Å². The number of thioether (sulfide) groups is 1. The largest absolute Gasteiger partial charge is 0.453 e. The van der Waals surface area contributed by atoms with E-state index in [0.717, 1.165) is 5.75 Å². The van der Waals surface area contributed by atoms with Crippen molar-refractivity contribution in [3.8, 4) is 0 Å². The Bertz CT molecular complexity index is 852. The van der Waals surface area contributed by atoms with Crippen molar-refractivity contribution < 1.29 is 18.3 Å². The quantitative estimate of drug-likeness (QED) is 0.833. The van der Waals surface area contributed by atoms with Crippen molar-refractivity contribution in [2.24, 2.45) is 10.7 Å². The summed E-state index contributed by atoms with van der Waals surface area (Å²) in [5.41, 5.74) is 5.93. The second-order valence-electron chi connectivity index (χ2n) is 6.17. The summed E-state index contributed by atoms with van der Waals surface area (Å²) in [6.07, 6.45) is 0.658. The first-order chi connectivity index (χ1) is 12.4. The van der Waals surface area contributed by atoms with Gasteiger partial charge in [0.1, 0.15) is 18.2 Å². The van der Waals surface area contributed by atoms with E-state index in [4.69, 9.17) is 14.9 Å². The molecule has 138 valence electrons. The Balaban J connectivity index is 1.83. The first kappa shape index (κ1) is 18.5. The maximum atomic E-state index is 14.4. The predicted octanol–water partition coefficient (Wildman–Crippen LogP) is 3.48. The highest BCUT2D eigenvalue weighted by Crippen LogP contribution is 2.37. The third-order valence-corrected chi connectivity index (χ3v) is 4.97. The molecule has 1 aliphatic rings. The molecule has 1 aliphatic heterocycles. The van der Waals surface area contributed by atoms with Crippen LogP contribution in [0, 0.1) is 5.82 Å². The highest BCUT2D eigenvalue weighted by atomic mass is 32.2. The number of nitrogens with one attached hydrogen (secondary N) is 1. The van der Waals surface area contributed by atoms with Crippen LogP contribution in [-0.2, 0) is 16.9 Å². The summed E-state index contributed by atoms with van der Waals surface area (Å²) in [7, 11) is 1.54. The first-order valence-corrected chi connectivity index (χ1v) is 9.07. The molecule has 2 heterocycles. The summed E-state index contributed by atoms with van der Waals surface area (Å²) in [6.45, 7) is 2.12. The number of carbonyl (C=O) groups is 1. The van der Waals surface area contributed by atoms with E-state index in [2.05, 4.69) is 10.3 Å².